The molecule has 0 spiro atoms. The predicted octanol–water partition coefficient (Wildman–Crippen LogP) is 2.71. The highest BCUT2D eigenvalue weighted by molar-refractivity contribution is 7.10. The second-order valence-electron chi connectivity index (χ2n) is 4.15. The summed E-state index contributed by atoms with van der Waals surface area (Å²) in [5.41, 5.74) is 0. The van der Waals surface area contributed by atoms with Crippen LogP contribution in [0.15, 0.2) is 17.5 Å². The third-order valence-electron chi connectivity index (χ3n) is 2.86. The van der Waals surface area contributed by atoms with Crippen molar-refractivity contribution in [2.45, 2.75) is 32.7 Å². The molecule has 0 aliphatic carbocycles. The second kappa shape index (κ2) is 7.78. The van der Waals surface area contributed by atoms with Crippen LogP contribution < -0.4 is 5.32 Å². The van der Waals surface area contributed by atoms with Gasteiger partial charge in [-0.15, -0.1) is 11.3 Å². The van der Waals surface area contributed by atoms with E-state index in [1.807, 2.05) is 31.4 Å². The molecule has 1 rings (SSSR count). The lowest BCUT2D eigenvalue weighted by Crippen LogP contribution is -2.42. The molecule has 2 N–H and O–H groups in total. The number of hydrogen-bond donors (Lipinski definition) is 2. The number of carboxylic acid groups (broad SMARTS) is 1. The summed E-state index contributed by atoms with van der Waals surface area (Å²) in [5, 5.41) is 13.6. The van der Waals surface area contributed by atoms with E-state index in [-0.39, 0.29) is 25.0 Å². The van der Waals surface area contributed by atoms with Crippen molar-refractivity contribution in [1.82, 2.24) is 10.2 Å². The quantitative estimate of drug-likeness (QED) is 0.808. The summed E-state index contributed by atoms with van der Waals surface area (Å²) < 4.78 is 0. The van der Waals surface area contributed by atoms with Crippen LogP contribution in [0.3, 0.4) is 0 Å². The molecule has 0 radical (unpaired) electrons. The van der Waals surface area contributed by atoms with E-state index in [0.717, 1.165) is 11.3 Å². The van der Waals surface area contributed by atoms with Crippen LogP contribution in [-0.2, 0) is 4.79 Å². The summed E-state index contributed by atoms with van der Waals surface area (Å²) in [4.78, 5) is 25.3. The highest BCUT2D eigenvalue weighted by atomic mass is 32.1. The average Bonchev–Trinajstić information content (AvgIpc) is 2.90. The number of thiophene rings is 1. The first kappa shape index (κ1) is 15.5. The minimum atomic E-state index is -0.892. The molecule has 5 nitrogen and oxygen atoms in total. The number of carbonyl (C=O) groups excluding carboxylic acids is 1. The van der Waals surface area contributed by atoms with Gasteiger partial charge in [0, 0.05) is 18.0 Å². The second-order valence-corrected chi connectivity index (χ2v) is 5.13. The van der Waals surface area contributed by atoms with E-state index in [0.29, 0.717) is 6.54 Å². The summed E-state index contributed by atoms with van der Waals surface area (Å²) in [6, 6.07) is 3.74. The Bertz CT molecular complexity index is 406. The summed E-state index contributed by atoms with van der Waals surface area (Å²) in [7, 11) is 0. The van der Waals surface area contributed by atoms with Crippen molar-refractivity contribution >= 4 is 23.3 Å². The molecule has 2 amide bonds. The minimum Gasteiger partial charge on any atom is -0.481 e. The van der Waals surface area contributed by atoms with E-state index in [2.05, 4.69) is 5.32 Å². The highest BCUT2D eigenvalue weighted by Gasteiger charge is 2.18. The van der Waals surface area contributed by atoms with Crippen molar-refractivity contribution in [1.29, 1.82) is 0 Å². The molecule has 0 saturated heterocycles. The first-order chi connectivity index (χ1) is 9.08. The number of rotatable bonds is 7. The van der Waals surface area contributed by atoms with Gasteiger partial charge in [0.15, 0.2) is 0 Å². The molecule has 0 fully saturated rings. The van der Waals surface area contributed by atoms with Crippen molar-refractivity contribution in [3.05, 3.63) is 22.4 Å². The fourth-order valence-corrected chi connectivity index (χ4v) is 2.60. The predicted molar refractivity (Wildman–Crippen MR) is 75.4 cm³/mol. The summed E-state index contributed by atoms with van der Waals surface area (Å²) >= 11 is 1.61. The summed E-state index contributed by atoms with van der Waals surface area (Å²) in [5.74, 6) is -0.892. The SMILES string of the molecule is CCC(NC(=O)N(CC)CCC(=O)O)c1cccs1. The molecule has 1 heterocycles. The van der Waals surface area contributed by atoms with Gasteiger partial charge in [-0.1, -0.05) is 13.0 Å². The largest absolute Gasteiger partial charge is 0.481 e. The Kier molecular flexibility index (Phi) is 6.35. The molecule has 0 aliphatic rings. The molecule has 106 valence electrons. The smallest absolute Gasteiger partial charge is 0.317 e. The number of hydrogen-bond acceptors (Lipinski definition) is 3. The molecule has 1 aromatic rings. The number of aliphatic carboxylic acids is 1. The van der Waals surface area contributed by atoms with E-state index in [9.17, 15) is 9.59 Å². The fraction of sp³-hybridized carbons (Fsp3) is 0.538. The van der Waals surface area contributed by atoms with Gasteiger partial charge in [-0.05, 0) is 24.8 Å². The third kappa shape index (κ3) is 4.90. The zero-order valence-electron chi connectivity index (χ0n) is 11.3. The van der Waals surface area contributed by atoms with Gasteiger partial charge in [-0.3, -0.25) is 4.79 Å². The van der Waals surface area contributed by atoms with Crippen molar-refractivity contribution in [3.8, 4) is 0 Å². The molecule has 6 heteroatoms. The van der Waals surface area contributed by atoms with Gasteiger partial charge in [-0.2, -0.15) is 0 Å². The fourth-order valence-electron chi connectivity index (χ4n) is 1.74. The molecule has 1 unspecified atom stereocenters. The summed E-state index contributed by atoms with van der Waals surface area (Å²) in [6.07, 6.45) is 0.778. The molecule has 0 aromatic carbocycles. The Hall–Kier alpha value is -1.56. The van der Waals surface area contributed by atoms with Crippen LogP contribution in [0.25, 0.3) is 0 Å². The number of nitrogens with one attached hydrogen (secondary N) is 1. The van der Waals surface area contributed by atoms with Crippen LogP contribution in [0.5, 0.6) is 0 Å². The lowest BCUT2D eigenvalue weighted by molar-refractivity contribution is -0.137. The number of carbonyl (C=O) groups is 2. The Morgan fingerprint density at radius 3 is 2.68 bits per heavy atom. The zero-order chi connectivity index (χ0) is 14.3. The summed E-state index contributed by atoms with van der Waals surface area (Å²) in [6.45, 7) is 4.59. The van der Waals surface area contributed by atoms with E-state index >= 15 is 0 Å². The van der Waals surface area contributed by atoms with Crippen LogP contribution in [-0.4, -0.2) is 35.1 Å². The van der Waals surface area contributed by atoms with E-state index in [1.165, 1.54) is 4.90 Å². The molecule has 19 heavy (non-hydrogen) atoms. The Labute approximate surface area is 117 Å². The van der Waals surface area contributed by atoms with Crippen LogP contribution in [0.1, 0.15) is 37.6 Å². The molecular weight excluding hydrogens is 264 g/mol. The molecule has 1 aromatic heterocycles. The maximum Gasteiger partial charge on any atom is 0.317 e. The Morgan fingerprint density at radius 2 is 2.21 bits per heavy atom. The zero-order valence-corrected chi connectivity index (χ0v) is 12.1. The number of nitrogens with zero attached hydrogens (tertiary/aromatic N) is 1. The van der Waals surface area contributed by atoms with E-state index in [1.54, 1.807) is 11.3 Å². The van der Waals surface area contributed by atoms with Crippen LogP contribution >= 0.6 is 11.3 Å². The molecule has 1 atom stereocenters. The molecular formula is C13H20N2O3S. The average molecular weight is 284 g/mol. The van der Waals surface area contributed by atoms with Crippen molar-refractivity contribution < 1.29 is 14.7 Å². The topological polar surface area (TPSA) is 69.6 Å². The van der Waals surface area contributed by atoms with Gasteiger partial charge in [0.25, 0.3) is 0 Å². The standard InChI is InChI=1S/C13H20N2O3S/c1-3-10(11-6-5-9-19-11)14-13(18)15(4-2)8-7-12(16)17/h5-6,9-10H,3-4,7-8H2,1-2H3,(H,14,18)(H,16,17). The van der Waals surface area contributed by atoms with Crippen LogP contribution in [0, 0.1) is 0 Å². The van der Waals surface area contributed by atoms with E-state index in [4.69, 9.17) is 5.11 Å². The molecule has 0 saturated carbocycles. The Morgan fingerprint density at radius 1 is 1.47 bits per heavy atom. The maximum absolute atomic E-state index is 12.1. The lowest BCUT2D eigenvalue weighted by atomic mass is 10.2. The normalized spacial score (nSPS) is 11.9. The minimum absolute atomic E-state index is 0.00798. The van der Waals surface area contributed by atoms with Crippen LogP contribution in [0.2, 0.25) is 0 Å². The highest BCUT2D eigenvalue weighted by Crippen LogP contribution is 2.21. The lowest BCUT2D eigenvalue weighted by Gasteiger charge is -2.24. The Balaban J connectivity index is 2.57. The van der Waals surface area contributed by atoms with Crippen LogP contribution in [0.4, 0.5) is 4.79 Å². The molecule has 0 bridgehead atoms. The first-order valence-corrected chi connectivity index (χ1v) is 7.27. The van der Waals surface area contributed by atoms with E-state index < -0.39 is 5.97 Å². The van der Waals surface area contributed by atoms with Gasteiger partial charge in [0.2, 0.25) is 0 Å². The van der Waals surface area contributed by atoms with Crippen molar-refractivity contribution in [2.75, 3.05) is 13.1 Å². The number of carboxylic acids is 1. The van der Waals surface area contributed by atoms with Gasteiger partial charge in [0.1, 0.15) is 0 Å². The van der Waals surface area contributed by atoms with Gasteiger partial charge >= 0.3 is 12.0 Å². The number of urea groups is 1. The first-order valence-electron chi connectivity index (χ1n) is 6.39. The van der Waals surface area contributed by atoms with Gasteiger partial charge < -0.3 is 15.3 Å². The third-order valence-corrected chi connectivity index (χ3v) is 3.84. The monoisotopic (exact) mass is 284 g/mol. The van der Waals surface area contributed by atoms with Crippen molar-refractivity contribution in [2.24, 2.45) is 0 Å². The van der Waals surface area contributed by atoms with Gasteiger partial charge in [0.05, 0.1) is 12.5 Å². The number of amides is 2. The van der Waals surface area contributed by atoms with Gasteiger partial charge in [-0.25, -0.2) is 4.79 Å². The molecule has 0 aliphatic heterocycles. The van der Waals surface area contributed by atoms with Crippen molar-refractivity contribution in [3.63, 3.8) is 0 Å². The maximum atomic E-state index is 12.1.